The van der Waals surface area contributed by atoms with Gasteiger partial charge in [-0.3, -0.25) is 4.99 Å². The van der Waals surface area contributed by atoms with Crippen LogP contribution in [0.1, 0.15) is 28.2 Å². The van der Waals surface area contributed by atoms with Crippen LogP contribution in [0.15, 0.2) is 89.9 Å². The van der Waals surface area contributed by atoms with E-state index in [1.807, 2.05) is 36.4 Å². The molecule has 3 aromatic carbocycles. The Hall–Kier alpha value is -3.58. The summed E-state index contributed by atoms with van der Waals surface area (Å²) in [6.45, 7) is 1.38. The normalized spacial score (nSPS) is 11.1. The molecule has 0 aliphatic rings. The zero-order chi connectivity index (χ0) is 19.6. The molecular formula is C24H24N4. The van der Waals surface area contributed by atoms with Gasteiger partial charge >= 0.3 is 0 Å². The van der Waals surface area contributed by atoms with Gasteiger partial charge in [0.1, 0.15) is 0 Å². The highest BCUT2D eigenvalue weighted by Crippen LogP contribution is 2.23. The highest BCUT2D eigenvalue weighted by atomic mass is 15.2. The monoisotopic (exact) mass is 368 g/mol. The third-order valence-corrected chi connectivity index (χ3v) is 4.64. The zero-order valence-corrected chi connectivity index (χ0v) is 16.0. The van der Waals surface area contributed by atoms with Crippen LogP contribution in [-0.4, -0.2) is 19.6 Å². The lowest BCUT2D eigenvalue weighted by molar-refractivity contribution is 0.728. The van der Waals surface area contributed by atoms with Crippen molar-refractivity contribution in [2.75, 3.05) is 13.6 Å². The predicted octanol–water partition coefficient (Wildman–Crippen LogP) is 4.06. The third-order valence-electron chi connectivity index (χ3n) is 4.64. The number of nitriles is 1. The second-order valence-electron chi connectivity index (χ2n) is 6.49. The Morgan fingerprint density at radius 3 is 1.93 bits per heavy atom. The molecule has 140 valence electrons. The largest absolute Gasteiger partial charge is 0.355 e. The number of rotatable bonds is 6. The Morgan fingerprint density at radius 2 is 1.43 bits per heavy atom. The maximum Gasteiger partial charge on any atom is 0.191 e. The van der Waals surface area contributed by atoms with E-state index in [4.69, 9.17) is 5.26 Å². The van der Waals surface area contributed by atoms with Gasteiger partial charge in [0.2, 0.25) is 0 Å². The van der Waals surface area contributed by atoms with Crippen molar-refractivity contribution < 1.29 is 0 Å². The molecular weight excluding hydrogens is 344 g/mol. The Bertz CT molecular complexity index is 886. The van der Waals surface area contributed by atoms with E-state index in [2.05, 4.69) is 70.2 Å². The van der Waals surface area contributed by atoms with E-state index in [-0.39, 0.29) is 5.92 Å². The fourth-order valence-electron chi connectivity index (χ4n) is 3.10. The number of nitrogens with one attached hydrogen (secondary N) is 2. The summed E-state index contributed by atoms with van der Waals surface area (Å²) in [4.78, 5) is 4.34. The average molecular weight is 368 g/mol. The summed E-state index contributed by atoms with van der Waals surface area (Å²) in [5, 5.41) is 15.7. The summed E-state index contributed by atoms with van der Waals surface area (Å²) in [6, 6.07) is 30.7. The molecule has 28 heavy (non-hydrogen) atoms. The maximum absolute atomic E-state index is 8.90. The Kier molecular flexibility index (Phi) is 6.81. The SMILES string of the molecule is CN=C(NCc1ccc(C#N)cc1)NCC(c1ccccc1)c1ccccc1. The zero-order valence-electron chi connectivity index (χ0n) is 16.0. The van der Waals surface area contributed by atoms with Crippen LogP contribution in [0.25, 0.3) is 0 Å². The molecule has 0 saturated heterocycles. The number of nitrogens with zero attached hydrogens (tertiary/aromatic N) is 2. The van der Waals surface area contributed by atoms with Gasteiger partial charge in [-0.25, -0.2) is 0 Å². The lowest BCUT2D eigenvalue weighted by atomic mass is 9.91. The quantitative estimate of drug-likeness (QED) is 0.510. The van der Waals surface area contributed by atoms with Crippen molar-refractivity contribution in [3.8, 4) is 6.07 Å². The van der Waals surface area contributed by atoms with Gasteiger partial charge in [-0.2, -0.15) is 5.26 Å². The molecule has 0 heterocycles. The van der Waals surface area contributed by atoms with Crippen molar-refractivity contribution in [3.05, 3.63) is 107 Å². The Labute approximate surface area is 166 Å². The highest BCUT2D eigenvalue weighted by molar-refractivity contribution is 5.79. The van der Waals surface area contributed by atoms with Crippen molar-refractivity contribution in [3.63, 3.8) is 0 Å². The average Bonchev–Trinajstić information content (AvgIpc) is 2.78. The minimum Gasteiger partial charge on any atom is -0.355 e. The number of guanidine groups is 1. The molecule has 0 fully saturated rings. The second-order valence-corrected chi connectivity index (χ2v) is 6.49. The molecule has 4 nitrogen and oxygen atoms in total. The summed E-state index contributed by atoms with van der Waals surface area (Å²) in [6.07, 6.45) is 0. The van der Waals surface area contributed by atoms with Crippen LogP contribution in [0.2, 0.25) is 0 Å². The van der Waals surface area contributed by atoms with Gasteiger partial charge in [0.25, 0.3) is 0 Å². The summed E-state index contributed by atoms with van der Waals surface area (Å²) in [7, 11) is 1.77. The first-order chi connectivity index (χ1) is 13.8. The van der Waals surface area contributed by atoms with E-state index in [1.165, 1.54) is 11.1 Å². The van der Waals surface area contributed by atoms with Crippen LogP contribution < -0.4 is 10.6 Å². The molecule has 0 aliphatic carbocycles. The van der Waals surface area contributed by atoms with Crippen molar-refractivity contribution in [1.29, 1.82) is 5.26 Å². The standard InChI is InChI=1S/C24H24N4/c1-26-24(27-17-20-14-12-19(16-25)13-15-20)28-18-23(21-8-4-2-5-9-21)22-10-6-3-7-11-22/h2-15,23H,17-18H2,1H3,(H2,26,27,28). The van der Waals surface area contributed by atoms with Gasteiger partial charge in [-0.1, -0.05) is 72.8 Å². The molecule has 2 N–H and O–H groups in total. The fourth-order valence-corrected chi connectivity index (χ4v) is 3.10. The summed E-state index contributed by atoms with van der Waals surface area (Å²) in [5.74, 6) is 0.983. The second kappa shape index (κ2) is 9.94. The molecule has 0 spiro atoms. The van der Waals surface area contributed by atoms with Crippen LogP contribution in [0.4, 0.5) is 0 Å². The van der Waals surface area contributed by atoms with E-state index in [1.54, 1.807) is 7.05 Å². The fraction of sp³-hybridized carbons (Fsp3) is 0.167. The summed E-state index contributed by atoms with van der Waals surface area (Å²) < 4.78 is 0. The molecule has 0 atom stereocenters. The van der Waals surface area contributed by atoms with E-state index in [0.717, 1.165) is 18.1 Å². The first kappa shape index (κ1) is 19.2. The first-order valence-electron chi connectivity index (χ1n) is 9.33. The highest BCUT2D eigenvalue weighted by Gasteiger charge is 2.14. The number of hydrogen-bond donors (Lipinski definition) is 2. The van der Waals surface area contributed by atoms with Crippen LogP contribution in [-0.2, 0) is 6.54 Å². The Balaban J connectivity index is 1.65. The van der Waals surface area contributed by atoms with Gasteiger partial charge in [0, 0.05) is 26.1 Å². The maximum atomic E-state index is 8.90. The number of aliphatic imine (C=N–C) groups is 1. The van der Waals surface area contributed by atoms with Crippen molar-refractivity contribution in [2.45, 2.75) is 12.5 Å². The molecule has 3 aromatic rings. The van der Waals surface area contributed by atoms with E-state index in [0.29, 0.717) is 12.1 Å². The van der Waals surface area contributed by atoms with Crippen LogP contribution in [0.5, 0.6) is 0 Å². The number of hydrogen-bond acceptors (Lipinski definition) is 2. The third kappa shape index (κ3) is 5.21. The van der Waals surface area contributed by atoms with Crippen molar-refractivity contribution >= 4 is 5.96 Å². The van der Waals surface area contributed by atoms with E-state index < -0.39 is 0 Å². The smallest absolute Gasteiger partial charge is 0.191 e. The topological polar surface area (TPSA) is 60.2 Å². The lowest BCUT2D eigenvalue weighted by Crippen LogP contribution is -2.39. The molecule has 0 amide bonds. The molecule has 0 unspecified atom stereocenters. The van der Waals surface area contributed by atoms with E-state index >= 15 is 0 Å². The van der Waals surface area contributed by atoms with Gasteiger partial charge < -0.3 is 10.6 Å². The predicted molar refractivity (Wildman–Crippen MR) is 114 cm³/mol. The molecule has 4 heteroatoms. The van der Waals surface area contributed by atoms with Crippen molar-refractivity contribution in [2.24, 2.45) is 4.99 Å². The molecule has 0 aromatic heterocycles. The van der Waals surface area contributed by atoms with Crippen molar-refractivity contribution in [1.82, 2.24) is 10.6 Å². The van der Waals surface area contributed by atoms with Gasteiger partial charge in [0.15, 0.2) is 5.96 Å². The van der Waals surface area contributed by atoms with E-state index in [9.17, 15) is 0 Å². The van der Waals surface area contributed by atoms with Gasteiger partial charge in [-0.05, 0) is 28.8 Å². The Morgan fingerprint density at radius 1 is 0.857 bits per heavy atom. The molecule has 3 rings (SSSR count). The molecule has 0 aliphatic heterocycles. The lowest BCUT2D eigenvalue weighted by Gasteiger charge is -2.20. The van der Waals surface area contributed by atoms with Gasteiger partial charge in [-0.15, -0.1) is 0 Å². The van der Waals surface area contributed by atoms with Crippen LogP contribution >= 0.6 is 0 Å². The molecule has 0 saturated carbocycles. The minimum atomic E-state index is 0.232. The van der Waals surface area contributed by atoms with Crippen LogP contribution in [0, 0.1) is 11.3 Å². The number of benzene rings is 3. The molecule has 0 bridgehead atoms. The summed E-state index contributed by atoms with van der Waals surface area (Å²) in [5.41, 5.74) is 4.30. The van der Waals surface area contributed by atoms with Gasteiger partial charge in [0.05, 0.1) is 11.6 Å². The van der Waals surface area contributed by atoms with Crippen LogP contribution in [0.3, 0.4) is 0 Å². The summed E-state index contributed by atoms with van der Waals surface area (Å²) >= 11 is 0. The first-order valence-corrected chi connectivity index (χ1v) is 9.33. The molecule has 0 radical (unpaired) electrons. The minimum absolute atomic E-state index is 0.232.